The SMILES string of the molecule is Cc1cc(N[C@@H]2CCC(OCC(=O)N3CCN(c4ccc(C(C)(C)C)cc4)CC3)C2)ccc1[N+](=O)[O-]. The van der Waals surface area contributed by atoms with Gasteiger partial charge in [0.25, 0.3) is 5.69 Å². The first-order valence-electron chi connectivity index (χ1n) is 12.9. The summed E-state index contributed by atoms with van der Waals surface area (Å²) >= 11 is 0. The molecule has 2 fully saturated rings. The topological polar surface area (TPSA) is 88.0 Å². The Labute approximate surface area is 213 Å². The summed E-state index contributed by atoms with van der Waals surface area (Å²) in [5, 5.41) is 14.5. The maximum atomic E-state index is 12.8. The van der Waals surface area contributed by atoms with E-state index in [1.54, 1.807) is 19.1 Å². The van der Waals surface area contributed by atoms with Crippen LogP contribution in [-0.4, -0.2) is 60.7 Å². The molecular weight excluding hydrogens is 456 g/mol. The zero-order chi connectivity index (χ0) is 25.9. The van der Waals surface area contributed by atoms with Gasteiger partial charge in [0.2, 0.25) is 5.91 Å². The number of piperazine rings is 1. The van der Waals surface area contributed by atoms with Gasteiger partial charge in [-0.25, -0.2) is 0 Å². The summed E-state index contributed by atoms with van der Waals surface area (Å²) in [4.78, 5) is 27.7. The highest BCUT2D eigenvalue weighted by Crippen LogP contribution is 2.28. The highest BCUT2D eigenvalue weighted by atomic mass is 16.6. The van der Waals surface area contributed by atoms with E-state index in [4.69, 9.17) is 4.74 Å². The highest BCUT2D eigenvalue weighted by Gasteiger charge is 2.28. The van der Waals surface area contributed by atoms with Gasteiger partial charge < -0.3 is 19.9 Å². The van der Waals surface area contributed by atoms with Crippen LogP contribution in [0.15, 0.2) is 42.5 Å². The lowest BCUT2D eigenvalue weighted by Crippen LogP contribution is -2.50. The van der Waals surface area contributed by atoms with Crippen molar-refractivity contribution in [1.29, 1.82) is 0 Å². The molecule has 2 aromatic rings. The summed E-state index contributed by atoms with van der Waals surface area (Å²) in [5.41, 5.74) is 4.33. The van der Waals surface area contributed by atoms with Crippen LogP contribution < -0.4 is 10.2 Å². The number of aryl methyl sites for hydroxylation is 1. The lowest BCUT2D eigenvalue weighted by atomic mass is 9.87. The van der Waals surface area contributed by atoms with Crippen LogP contribution in [-0.2, 0) is 14.9 Å². The Bertz CT molecular complexity index is 1070. The van der Waals surface area contributed by atoms with Gasteiger partial charge in [-0.05, 0) is 61.4 Å². The van der Waals surface area contributed by atoms with Crippen molar-refractivity contribution in [3.8, 4) is 0 Å². The summed E-state index contributed by atoms with van der Waals surface area (Å²) < 4.78 is 5.98. The Morgan fingerprint density at radius 1 is 1.08 bits per heavy atom. The molecule has 36 heavy (non-hydrogen) atoms. The van der Waals surface area contributed by atoms with E-state index >= 15 is 0 Å². The van der Waals surface area contributed by atoms with Crippen molar-refractivity contribution >= 4 is 23.0 Å². The molecule has 1 saturated carbocycles. The van der Waals surface area contributed by atoms with Gasteiger partial charge in [-0.2, -0.15) is 0 Å². The number of carbonyl (C=O) groups is 1. The van der Waals surface area contributed by atoms with Crippen LogP contribution in [0.3, 0.4) is 0 Å². The van der Waals surface area contributed by atoms with Crippen molar-refractivity contribution in [2.45, 2.75) is 64.5 Å². The molecule has 1 unspecified atom stereocenters. The number of hydrogen-bond acceptors (Lipinski definition) is 6. The Kier molecular flexibility index (Phi) is 7.83. The third kappa shape index (κ3) is 6.35. The average molecular weight is 495 g/mol. The number of nitro groups is 1. The highest BCUT2D eigenvalue weighted by molar-refractivity contribution is 5.77. The molecule has 194 valence electrons. The fraction of sp³-hybridized carbons (Fsp3) is 0.536. The molecule has 4 rings (SSSR count). The number of nitro benzene ring substituents is 1. The van der Waals surface area contributed by atoms with Crippen LogP contribution in [0.25, 0.3) is 0 Å². The first-order chi connectivity index (χ1) is 17.1. The second kappa shape index (κ2) is 10.9. The monoisotopic (exact) mass is 494 g/mol. The Hall–Kier alpha value is -3.13. The Morgan fingerprint density at radius 3 is 2.39 bits per heavy atom. The first-order valence-corrected chi connectivity index (χ1v) is 12.9. The maximum absolute atomic E-state index is 12.8. The van der Waals surface area contributed by atoms with E-state index in [1.807, 2.05) is 11.0 Å². The summed E-state index contributed by atoms with van der Waals surface area (Å²) in [5.74, 6) is 0.0557. The van der Waals surface area contributed by atoms with Gasteiger partial charge in [0.1, 0.15) is 6.61 Å². The Balaban J connectivity index is 1.19. The third-order valence-electron chi connectivity index (χ3n) is 7.32. The normalized spacial score (nSPS) is 20.4. The predicted octanol–water partition coefficient (Wildman–Crippen LogP) is 4.90. The molecule has 2 atom stereocenters. The molecule has 2 aromatic carbocycles. The number of ether oxygens (including phenoxy) is 1. The third-order valence-corrected chi connectivity index (χ3v) is 7.32. The molecule has 8 nitrogen and oxygen atoms in total. The van der Waals surface area contributed by atoms with Crippen LogP contribution in [0.2, 0.25) is 0 Å². The van der Waals surface area contributed by atoms with E-state index < -0.39 is 0 Å². The molecule has 1 saturated heterocycles. The summed E-state index contributed by atoms with van der Waals surface area (Å²) in [6, 6.07) is 14.1. The minimum atomic E-state index is -0.361. The van der Waals surface area contributed by atoms with Gasteiger partial charge in [-0.1, -0.05) is 32.9 Å². The lowest BCUT2D eigenvalue weighted by Gasteiger charge is -2.36. The van der Waals surface area contributed by atoms with E-state index in [-0.39, 0.29) is 40.7 Å². The number of anilines is 2. The number of rotatable bonds is 7. The van der Waals surface area contributed by atoms with E-state index in [0.717, 1.165) is 38.0 Å². The van der Waals surface area contributed by atoms with Crippen LogP contribution in [0.1, 0.15) is 51.2 Å². The van der Waals surface area contributed by atoms with Gasteiger partial charge in [0.15, 0.2) is 0 Å². The van der Waals surface area contributed by atoms with Gasteiger partial charge in [-0.15, -0.1) is 0 Å². The maximum Gasteiger partial charge on any atom is 0.272 e. The zero-order valence-electron chi connectivity index (χ0n) is 21.8. The molecule has 1 amide bonds. The number of benzene rings is 2. The van der Waals surface area contributed by atoms with Gasteiger partial charge >= 0.3 is 0 Å². The molecule has 0 bridgehead atoms. The fourth-order valence-electron chi connectivity index (χ4n) is 5.08. The predicted molar refractivity (Wildman–Crippen MR) is 143 cm³/mol. The Morgan fingerprint density at radius 2 is 1.78 bits per heavy atom. The van der Waals surface area contributed by atoms with Crippen molar-refractivity contribution in [3.05, 3.63) is 63.7 Å². The number of hydrogen-bond donors (Lipinski definition) is 1. The minimum Gasteiger partial charge on any atom is -0.382 e. The van der Waals surface area contributed by atoms with E-state index in [9.17, 15) is 14.9 Å². The van der Waals surface area contributed by atoms with Crippen LogP contribution in [0.5, 0.6) is 0 Å². The number of nitrogens with zero attached hydrogens (tertiary/aromatic N) is 3. The molecule has 0 radical (unpaired) electrons. The number of nitrogens with one attached hydrogen (secondary N) is 1. The molecule has 8 heteroatoms. The summed E-state index contributed by atoms with van der Waals surface area (Å²) in [6.07, 6.45) is 2.71. The van der Waals surface area contributed by atoms with Crippen LogP contribution >= 0.6 is 0 Å². The van der Waals surface area contributed by atoms with Crippen molar-refractivity contribution < 1.29 is 14.5 Å². The zero-order valence-corrected chi connectivity index (χ0v) is 21.8. The second-order valence-corrected chi connectivity index (χ2v) is 11.0. The average Bonchev–Trinajstić information content (AvgIpc) is 3.29. The fourth-order valence-corrected chi connectivity index (χ4v) is 5.08. The molecular formula is C28H38N4O4. The van der Waals surface area contributed by atoms with Crippen molar-refractivity contribution in [2.75, 3.05) is 43.0 Å². The van der Waals surface area contributed by atoms with Crippen LogP contribution in [0, 0.1) is 17.0 Å². The molecule has 1 N–H and O–H groups in total. The molecule has 1 aliphatic heterocycles. The van der Waals surface area contributed by atoms with E-state index in [0.29, 0.717) is 18.7 Å². The lowest BCUT2D eigenvalue weighted by molar-refractivity contribution is -0.385. The van der Waals surface area contributed by atoms with Gasteiger partial charge in [0.05, 0.1) is 11.0 Å². The smallest absolute Gasteiger partial charge is 0.272 e. The first kappa shape index (κ1) is 25.9. The van der Waals surface area contributed by atoms with E-state index in [1.165, 1.54) is 11.3 Å². The molecule has 1 heterocycles. The van der Waals surface area contributed by atoms with Crippen molar-refractivity contribution in [2.24, 2.45) is 0 Å². The van der Waals surface area contributed by atoms with E-state index in [2.05, 4.69) is 55.3 Å². The molecule has 0 spiro atoms. The molecule has 2 aliphatic rings. The van der Waals surface area contributed by atoms with Crippen molar-refractivity contribution in [1.82, 2.24) is 4.90 Å². The van der Waals surface area contributed by atoms with Crippen molar-refractivity contribution in [3.63, 3.8) is 0 Å². The largest absolute Gasteiger partial charge is 0.382 e. The number of carbonyl (C=O) groups excluding carboxylic acids is 1. The summed E-state index contributed by atoms with van der Waals surface area (Å²) in [6.45, 7) is 11.6. The second-order valence-electron chi connectivity index (χ2n) is 11.0. The number of amides is 1. The van der Waals surface area contributed by atoms with Gasteiger partial charge in [0, 0.05) is 55.2 Å². The van der Waals surface area contributed by atoms with Gasteiger partial charge in [-0.3, -0.25) is 14.9 Å². The standard InChI is InChI=1S/C28H38N4O4/c1-20-17-22(8-12-26(20)32(34)35)29-23-7-11-25(18-23)36-19-27(33)31-15-13-30(14-16-31)24-9-5-21(6-10-24)28(2,3)4/h5-6,8-10,12,17,23,25,29H,7,11,13-16,18-19H2,1-4H3/t23-,25?/m1/s1. The summed E-state index contributed by atoms with van der Waals surface area (Å²) in [7, 11) is 0. The van der Waals surface area contributed by atoms with Crippen LogP contribution in [0.4, 0.5) is 17.1 Å². The molecule has 1 aliphatic carbocycles. The minimum absolute atomic E-state index is 0.0493. The quantitative estimate of drug-likeness (QED) is 0.435. The molecule has 0 aromatic heterocycles.